The van der Waals surface area contributed by atoms with E-state index in [2.05, 4.69) is 5.10 Å². The second kappa shape index (κ2) is 3.52. The van der Waals surface area contributed by atoms with Crippen LogP contribution in [0.5, 0.6) is 0 Å². The molecule has 1 aliphatic rings. The summed E-state index contributed by atoms with van der Waals surface area (Å²) in [5.74, 6) is 0. The topological polar surface area (TPSA) is 37.8 Å². The van der Waals surface area contributed by atoms with Gasteiger partial charge in [0.25, 0.3) is 5.56 Å². The van der Waals surface area contributed by atoms with E-state index in [1.54, 1.807) is 0 Å². The zero-order chi connectivity index (χ0) is 11.1. The average molecular weight is 235 g/mol. The van der Waals surface area contributed by atoms with Gasteiger partial charge in [0.15, 0.2) is 0 Å². The first-order valence-electron chi connectivity index (χ1n) is 5.35. The van der Waals surface area contributed by atoms with Crippen LogP contribution in [0.1, 0.15) is 17.7 Å². The summed E-state index contributed by atoms with van der Waals surface area (Å²) in [6.45, 7) is 0. The molecule has 0 unspecified atom stereocenters. The van der Waals surface area contributed by atoms with E-state index in [-0.39, 0.29) is 5.56 Å². The van der Waals surface area contributed by atoms with Gasteiger partial charge in [0, 0.05) is 11.3 Å². The summed E-state index contributed by atoms with van der Waals surface area (Å²) in [7, 11) is 0. The zero-order valence-electron chi connectivity index (χ0n) is 8.66. The van der Waals surface area contributed by atoms with Gasteiger partial charge in [-0.3, -0.25) is 14.6 Å². The Morgan fingerprint density at radius 1 is 1.25 bits per heavy atom. The van der Waals surface area contributed by atoms with Crippen molar-refractivity contribution in [3.63, 3.8) is 0 Å². The summed E-state index contributed by atoms with van der Waals surface area (Å²) in [5.41, 5.74) is 2.87. The molecule has 3 nitrogen and oxygen atoms in total. The lowest BCUT2D eigenvalue weighted by atomic mass is 10.2. The van der Waals surface area contributed by atoms with Crippen LogP contribution in [0.3, 0.4) is 0 Å². The Labute approximate surface area is 97.6 Å². The van der Waals surface area contributed by atoms with Crippen molar-refractivity contribution in [2.45, 2.75) is 19.3 Å². The minimum Gasteiger partial charge on any atom is -0.268 e. The molecule has 1 aliphatic carbocycles. The van der Waals surface area contributed by atoms with Crippen LogP contribution >= 0.6 is 11.6 Å². The van der Waals surface area contributed by atoms with Gasteiger partial charge in [-0.2, -0.15) is 0 Å². The molecule has 0 amide bonds. The Morgan fingerprint density at radius 2 is 2.06 bits per heavy atom. The van der Waals surface area contributed by atoms with Gasteiger partial charge in [0.05, 0.1) is 10.7 Å². The van der Waals surface area contributed by atoms with Crippen molar-refractivity contribution >= 4 is 11.6 Å². The highest BCUT2D eigenvalue weighted by Crippen LogP contribution is 2.25. The maximum absolute atomic E-state index is 11.7. The summed E-state index contributed by atoms with van der Waals surface area (Å²) in [4.78, 5) is 11.7. The molecule has 1 aromatic carbocycles. The van der Waals surface area contributed by atoms with Gasteiger partial charge in [0.1, 0.15) is 0 Å². The number of H-pyrrole nitrogens is 1. The summed E-state index contributed by atoms with van der Waals surface area (Å²) in [6.07, 6.45) is 2.88. The van der Waals surface area contributed by atoms with E-state index in [4.69, 9.17) is 11.6 Å². The Bertz CT molecular complexity index is 597. The molecule has 2 aromatic rings. The highest BCUT2D eigenvalue weighted by atomic mass is 35.5. The first kappa shape index (κ1) is 9.73. The quantitative estimate of drug-likeness (QED) is 0.808. The lowest BCUT2D eigenvalue weighted by Crippen LogP contribution is -2.08. The van der Waals surface area contributed by atoms with Gasteiger partial charge in [0.2, 0.25) is 0 Å². The van der Waals surface area contributed by atoms with Crippen molar-refractivity contribution in [1.29, 1.82) is 0 Å². The van der Waals surface area contributed by atoms with E-state index >= 15 is 0 Å². The molecule has 82 valence electrons. The number of aromatic nitrogens is 2. The highest BCUT2D eigenvalue weighted by Gasteiger charge is 2.21. The molecule has 0 saturated heterocycles. The number of hydrogen-bond acceptors (Lipinski definition) is 1. The molecule has 1 heterocycles. The molecule has 16 heavy (non-hydrogen) atoms. The summed E-state index contributed by atoms with van der Waals surface area (Å²) in [5, 5.41) is 3.50. The first-order chi connectivity index (χ1) is 7.77. The van der Waals surface area contributed by atoms with Gasteiger partial charge in [-0.15, -0.1) is 0 Å². The maximum Gasteiger partial charge on any atom is 0.267 e. The standard InChI is InChI=1S/C12H11ClN2O/c13-9-5-1-2-6-11(9)15-10-7-3-4-8(10)12(16)14-15/h1-2,5-6H,3-4,7H2,(H,14,16). The van der Waals surface area contributed by atoms with Crippen LogP contribution in [0.4, 0.5) is 0 Å². The summed E-state index contributed by atoms with van der Waals surface area (Å²) >= 11 is 6.13. The van der Waals surface area contributed by atoms with E-state index in [9.17, 15) is 4.79 Å². The zero-order valence-corrected chi connectivity index (χ0v) is 9.42. The number of rotatable bonds is 1. The molecule has 0 radical (unpaired) electrons. The van der Waals surface area contributed by atoms with Gasteiger partial charge in [-0.25, -0.2) is 0 Å². The van der Waals surface area contributed by atoms with Crippen LogP contribution in [0.25, 0.3) is 5.69 Å². The van der Waals surface area contributed by atoms with Crippen LogP contribution in [-0.4, -0.2) is 9.78 Å². The molecule has 1 aromatic heterocycles. The van der Waals surface area contributed by atoms with Gasteiger partial charge < -0.3 is 0 Å². The SMILES string of the molecule is O=c1[nH]n(-c2ccccc2Cl)c2c1CCC2. The van der Waals surface area contributed by atoms with Crippen LogP contribution in [0.15, 0.2) is 29.1 Å². The molecular formula is C12H11ClN2O. The normalized spacial score (nSPS) is 14.1. The van der Waals surface area contributed by atoms with E-state index < -0.39 is 0 Å². The number of nitrogens with zero attached hydrogens (tertiary/aromatic N) is 1. The van der Waals surface area contributed by atoms with Crippen molar-refractivity contribution in [2.75, 3.05) is 0 Å². The maximum atomic E-state index is 11.7. The monoisotopic (exact) mass is 234 g/mol. The number of aromatic amines is 1. The van der Waals surface area contributed by atoms with E-state index in [1.165, 1.54) is 0 Å². The Morgan fingerprint density at radius 3 is 2.88 bits per heavy atom. The highest BCUT2D eigenvalue weighted by molar-refractivity contribution is 6.32. The Kier molecular flexibility index (Phi) is 2.14. The van der Waals surface area contributed by atoms with Crippen molar-refractivity contribution in [3.8, 4) is 5.69 Å². The minimum absolute atomic E-state index is 0.0208. The molecule has 0 spiro atoms. The second-order valence-electron chi connectivity index (χ2n) is 4.01. The predicted molar refractivity (Wildman–Crippen MR) is 63.4 cm³/mol. The van der Waals surface area contributed by atoms with Crippen molar-refractivity contribution < 1.29 is 0 Å². The van der Waals surface area contributed by atoms with Crippen LogP contribution < -0.4 is 5.56 Å². The molecule has 3 rings (SSSR count). The Hall–Kier alpha value is -1.48. The summed E-state index contributed by atoms with van der Waals surface area (Å²) < 4.78 is 1.83. The fourth-order valence-electron chi connectivity index (χ4n) is 2.29. The number of hydrogen-bond donors (Lipinski definition) is 1. The second-order valence-corrected chi connectivity index (χ2v) is 4.41. The molecular weight excluding hydrogens is 224 g/mol. The van der Waals surface area contributed by atoms with E-state index in [0.717, 1.165) is 36.2 Å². The molecule has 0 fully saturated rings. The third kappa shape index (κ3) is 1.32. The smallest absolute Gasteiger partial charge is 0.267 e. The minimum atomic E-state index is 0.0208. The van der Waals surface area contributed by atoms with E-state index in [1.807, 2.05) is 28.9 Å². The number of benzene rings is 1. The third-order valence-electron chi connectivity index (χ3n) is 3.04. The number of halogens is 1. The van der Waals surface area contributed by atoms with Gasteiger partial charge in [-0.1, -0.05) is 23.7 Å². The largest absolute Gasteiger partial charge is 0.268 e. The third-order valence-corrected chi connectivity index (χ3v) is 3.36. The average Bonchev–Trinajstić information content (AvgIpc) is 2.84. The number of nitrogens with one attached hydrogen (secondary N) is 1. The van der Waals surface area contributed by atoms with Crippen molar-refractivity contribution in [1.82, 2.24) is 9.78 Å². The van der Waals surface area contributed by atoms with E-state index in [0.29, 0.717) is 5.02 Å². The fourth-order valence-corrected chi connectivity index (χ4v) is 2.51. The lowest BCUT2D eigenvalue weighted by Gasteiger charge is -2.07. The van der Waals surface area contributed by atoms with Crippen LogP contribution in [-0.2, 0) is 12.8 Å². The molecule has 0 saturated carbocycles. The van der Waals surface area contributed by atoms with Crippen LogP contribution in [0.2, 0.25) is 5.02 Å². The Balaban J connectivity index is 2.25. The molecule has 4 heteroatoms. The number of para-hydroxylation sites is 1. The number of fused-ring (bicyclic) bond motifs is 1. The fraction of sp³-hybridized carbons (Fsp3) is 0.250. The summed E-state index contributed by atoms with van der Waals surface area (Å²) in [6, 6.07) is 7.54. The molecule has 0 bridgehead atoms. The molecule has 0 aliphatic heterocycles. The van der Waals surface area contributed by atoms with Gasteiger partial charge in [-0.05, 0) is 31.4 Å². The molecule has 0 atom stereocenters. The predicted octanol–water partition coefficient (Wildman–Crippen LogP) is 2.31. The molecule has 1 N–H and O–H groups in total. The van der Waals surface area contributed by atoms with Crippen LogP contribution in [0, 0.1) is 0 Å². The van der Waals surface area contributed by atoms with Crippen molar-refractivity contribution in [2.24, 2.45) is 0 Å². The van der Waals surface area contributed by atoms with Crippen molar-refractivity contribution in [3.05, 3.63) is 50.9 Å². The van der Waals surface area contributed by atoms with Gasteiger partial charge >= 0.3 is 0 Å². The lowest BCUT2D eigenvalue weighted by molar-refractivity contribution is 0.773. The first-order valence-corrected chi connectivity index (χ1v) is 5.73.